The minimum absolute atomic E-state index is 0.123. The molecule has 2 atom stereocenters. The standard InChI is InChI=1S/C15H28N2O2/c1-3-5-15(6-8-16-9-7-15)14(18)17-13-4-10-19-12(2)11-13/h12-13,16H,3-11H2,1-2H3,(H,17,18). The molecule has 0 aromatic heterocycles. The predicted molar refractivity (Wildman–Crippen MR) is 76.0 cm³/mol. The van der Waals surface area contributed by atoms with Crippen LogP contribution in [-0.2, 0) is 9.53 Å². The Kier molecular flexibility index (Phi) is 5.22. The first kappa shape index (κ1) is 14.8. The topological polar surface area (TPSA) is 50.4 Å². The van der Waals surface area contributed by atoms with Crippen molar-refractivity contribution in [2.45, 2.75) is 64.5 Å². The zero-order valence-corrected chi connectivity index (χ0v) is 12.3. The fraction of sp³-hybridized carbons (Fsp3) is 0.933. The smallest absolute Gasteiger partial charge is 0.226 e. The molecule has 2 unspecified atom stereocenters. The van der Waals surface area contributed by atoms with Crippen LogP contribution >= 0.6 is 0 Å². The van der Waals surface area contributed by atoms with Gasteiger partial charge in [0.15, 0.2) is 0 Å². The average Bonchev–Trinajstić information content (AvgIpc) is 2.40. The lowest BCUT2D eigenvalue weighted by atomic mass is 9.74. The number of carbonyl (C=O) groups is 1. The Morgan fingerprint density at radius 2 is 2.16 bits per heavy atom. The number of hydrogen-bond acceptors (Lipinski definition) is 3. The van der Waals surface area contributed by atoms with Crippen LogP contribution in [0.15, 0.2) is 0 Å². The Morgan fingerprint density at radius 3 is 2.79 bits per heavy atom. The molecule has 2 aliphatic heterocycles. The molecule has 2 heterocycles. The van der Waals surface area contributed by atoms with Gasteiger partial charge in [-0.05, 0) is 52.1 Å². The van der Waals surface area contributed by atoms with Crippen molar-refractivity contribution < 1.29 is 9.53 Å². The molecule has 0 aliphatic carbocycles. The molecule has 0 aromatic carbocycles. The van der Waals surface area contributed by atoms with Crippen LogP contribution in [0.5, 0.6) is 0 Å². The summed E-state index contributed by atoms with van der Waals surface area (Å²) >= 11 is 0. The molecular weight excluding hydrogens is 240 g/mol. The van der Waals surface area contributed by atoms with E-state index in [0.717, 1.165) is 58.2 Å². The summed E-state index contributed by atoms with van der Waals surface area (Å²) in [6.07, 6.45) is 6.23. The molecule has 2 saturated heterocycles. The molecule has 0 spiro atoms. The molecule has 0 saturated carbocycles. The van der Waals surface area contributed by atoms with E-state index in [1.165, 1.54) is 0 Å². The van der Waals surface area contributed by atoms with Crippen molar-refractivity contribution in [1.29, 1.82) is 0 Å². The summed E-state index contributed by atoms with van der Waals surface area (Å²) in [6, 6.07) is 0.305. The van der Waals surface area contributed by atoms with Gasteiger partial charge in [-0.1, -0.05) is 13.3 Å². The SMILES string of the molecule is CCCC1(C(=O)NC2CCOC(C)C2)CCNCC1. The molecule has 4 nitrogen and oxygen atoms in total. The number of ether oxygens (including phenoxy) is 1. The lowest BCUT2D eigenvalue weighted by Crippen LogP contribution is -2.51. The third-order valence-corrected chi connectivity index (χ3v) is 4.59. The first-order valence-corrected chi connectivity index (χ1v) is 7.79. The normalized spacial score (nSPS) is 30.8. The molecule has 110 valence electrons. The van der Waals surface area contributed by atoms with E-state index < -0.39 is 0 Å². The van der Waals surface area contributed by atoms with Gasteiger partial charge >= 0.3 is 0 Å². The summed E-state index contributed by atoms with van der Waals surface area (Å²) in [5.74, 6) is 0.287. The van der Waals surface area contributed by atoms with E-state index >= 15 is 0 Å². The average molecular weight is 268 g/mol. The molecule has 4 heteroatoms. The van der Waals surface area contributed by atoms with Crippen molar-refractivity contribution in [3.63, 3.8) is 0 Å². The second kappa shape index (κ2) is 6.71. The molecule has 0 bridgehead atoms. The Bertz CT molecular complexity index is 295. The molecule has 2 fully saturated rings. The Labute approximate surface area is 116 Å². The van der Waals surface area contributed by atoms with Gasteiger partial charge in [0.05, 0.1) is 11.5 Å². The first-order chi connectivity index (χ1) is 9.16. The summed E-state index contributed by atoms with van der Waals surface area (Å²) in [5.41, 5.74) is -0.123. The number of amides is 1. The van der Waals surface area contributed by atoms with Crippen LogP contribution in [-0.4, -0.2) is 37.7 Å². The largest absolute Gasteiger partial charge is 0.378 e. The number of carbonyl (C=O) groups excluding carboxylic acids is 1. The minimum Gasteiger partial charge on any atom is -0.378 e. The third-order valence-electron chi connectivity index (χ3n) is 4.59. The lowest BCUT2D eigenvalue weighted by Gasteiger charge is -2.38. The van der Waals surface area contributed by atoms with Crippen LogP contribution in [0.1, 0.15) is 52.4 Å². The van der Waals surface area contributed by atoms with Gasteiger partial charge in [0.1, 0.15) is 0 Å². The highest BCUT2D eigenvalue weighted by Gasteiger charge is 2.39. The minimum atomic E-state index is -0.123. The molecular formula is C15H28N2O2. The summed E-state index contributed by atoms with van der Waals surface area (Å²) in [7, 11) is 0. The van der Waals surface area contributed by atoms with Gasteiger partial charge in [-0.3, -0.25) is 4.79 Å². The molecule has 2 aliphatic rings. The second-order valence-corrected chi connectivity index (χ2v) is 6.16. The highest BCUT2D eigenvalue weighted by atomic mass is 16.5. The third kappa shape index (κ3) is 3.69. The maximum Gasteiger partial charge on any atom is 0.226 e. The maximum absolute atomic E-state index is 12.7. The molecule has 2 rings (SSSR count). The van der Waals surface area contributed by atoms with Gasteiger partial charge < -0.3 is 15.4 Å². The monoisotopic (exact) mass is 268 g/mol. The molecule has 0 aromatic rings. The summed E-state index contributed by atoms with van der Waals surface area (Å²) in [6.45, 7) is 6.97. The van der Waals surface area contributed by atoms with E-state index in [-0.39, 0.29) is 17.4 Å². The highest BCUT2D eigenvalue weighted by molar-refractivity contribution is 5.83. The van der Waals surface area contributed by atoms with Gasteiger partial charge in [-0.2, -0.15) is 0 Å². The van der Waals surface area contributed by atoms with Crippen molar-refractivity contribution in [2.24, 2.45) is 5.41 Å². The van der Waals surface area contributed by atoms with Crippen molar-refractivity contribution in [2.75, 3.05) is 19.7 Å². The maximum atomic E-state index is 12.7. The van der Waals surface area contributed by atoms with E-state index in [1.807, 2.05) is 0 Å². The molecule has 0 radical (unpaired) electrons. The van der Waals surface area contributed by atoms with Gasteiger partial charge in [0, 0.05) is 12.6 Å². The summed E-state index contributed by atoms with van der Waals surface area (Å²) in [4.78, 5) is 12.7. The first-order valence-electron chi connectivity index (χ1n) is 7.79. The van der Waals surface area contributed by atoms with Crippen LogP contribution in [0.4, 0.5) is 0 Å². The van der Waals surface area contributed by atoms with Crippen molar-refractivity contribution in [3.05, 3.63) is 0 Å². The fourth-order valence-corrected chi connectivity index (χ4v) is 3.44. The van der Waals surface area contributed by atoms with Crippen LogP contribution in [0, 0.1) is 5.41 Å². The molecule has 1 amide bonds. The quantitative estimate of drug-likeness (QED) is 0.818. The second-order valence-electron chi connectivity index (χ2n) is 6.16. The zero-order chi connectivity index (χ0) is 13.7. The van der Waals surface area contributed by atoms with Crippen molar-refractivity contribution in [1.82, 2.24) is 10.6 Å². The van der Waals surface area contributed by atoms with Crippen LogP contribution < -0.4 is 10.6 Å². The number of nitrogens with one attached hydrogen (secondary N) is 2. The Balaban J connectivity index is 1.95. The zero-order valence-electron chi connectivity index (χ0n) is 12.3. The lowest BCUT2D eigenvalue weighted by molar-refractivity contribution is -0.134. The van der Waals surface area contributed by atoms with E-state index in [4.69, 9.17) is 4.74 Å². The van der Waals surface area contributed by atoms with Gasteiger partial charge in [-0.15, -0.1) is 0 Å². The predicted octanol–water partition coefficient (Wildman–Crippen LogP) is 1.84. The number of hydrogen-bond donors (Lipinski definition) is 2. The Hall–Kier alpha value is -0.610. The number of rotatable bonds is 4. The van der Waals surface area contributed by atoms with Crippen LogP contribution in [0.2, 0.25) is 0 Å². The van der Waals surface area contributed by atoms with Gasteiger partial charge in [0.2, 0.25) is 5.91 Å². The summed E-state index contributed by atoms with van der Waals surface area (Å²) in [5, 5.41) is 6.66. The van der Waals surface area contributed by atoms with E-state index in [2.05, 4.69) is 24.5 Å². The molecule has 2 N–H and O–H groups in total. The van der Waals surface area contributed by atoms with Crippen LogP contribution in [0.25, 0.3) is 0 Å². The van der Waals surface area contributed by atoms with Crippen molar-refractivity contribution in [3.8, 4) is 0 Å². The Morgan fingerprint density at radius 1 is 1.42 bits per heavy atom. The van der Waals surface area contributed by atoms with Crippen molar-refractivity contribution >= 4 is 5.91 Å². The van der Waals surface area contributed by atoms with E-state index in [9.17, 15) is 4.79 Å². The summed E-state index contributed by atoms with van der Waals surface area (Å²) < 4.78 is 5.55. The van der Waals surface area contributed by atoms with Crippen LogP contribution in [0.3, 0.4) is 0 Å². The number of piperidine rings is 1. The molecule has 19 heavy (non-hydrogen) atoms. The highest BCUT2D eigenvalue weighted by Crippen LogP contribution is 2.34. The van der Waals surface area contributed by atoms with E-state index in [1.54, 1.807) is 0 Å². The van der Waals surface area contributed by atoms with E-state index in [0.29, 0.717) is 6.04 Å². The van der Waals surface area contributed by atoms with Gasteiger partial charge in [0.25, 0.3) is 0 Å². The van der Waals surface area contributed by atoms with Gasteiger partial charge in [-0.25, -0.2) is 0 Å². The fourth-order valence-electron chi connectivity index (χ4n) is 3.44.